The van der Waals surface area contributed by atoms with Crippen molar-refractivity contribution in [1.29, 1.82) is 0 Å². The number of rotatable bonds is 4. The molecule has 0 atom stereocenters. The molecule has 0 saturated heterocycles. The molecule has 0 saturated carbocycles. The van der Waals surface area contributed by atoms with Gasteiger partial charge < -0.3 is 14.4 Å². The van der Waals surface area contributed by atoms with E-state index in [2.05, 4.69) is 20.9 Å². The van der Waals surface area contributed by atoms with Crippen LogP contribution in [0.4, 0.5) is 0 Å². The highest BCUT2D eigenvalue weighted by molar-refractivity contribution is 9.10. The molecule has 6 heteroatoms. The zero-order valence-electron chi connectivity index (χ0n) is 9.63. The Bertz CT molecular complexity index is 563. The molecule has 0 bridgehead atoms. The van der Waals surface area contributed by atoms with Crippen molar-refractivity contribution < 1.29 is 14.6 Å². The lowest BCUT2D eigenvalue weighted by molar-refractivity contribution is 0.0679. The van der Waals surface area contributed by atoms with Gasteiger partial charge in [0.25, 0.3) is 0 Å². The first-order valence-electron chi connectivity index (χ1n) is 5.20. The second-order valence-electron chi connectivity index (χ2n) is 3.71. The highest BCUT2D eigenvalue weighted by Crippen LogP contribution is 2.17. The molecule has 2 aromatic rings. The lowest BCUT2D eigenvalue weighted by Gasteiger charge is -2.03. The van der Waals surface area contributed by atoms with Gasteiger partial charge in [-0.1, -0.05) is 15.9 Å². The molecule has 0 aliphatic carbocycles. The highest BCUT2D eigenvalue weighted by Gasteiger charge is 2.12. The van der Waals surface area contributed by atoms with Crippen LogP contribution < -0.4 is 4.74 Å². The van der Waals surface area contributed by atoms with E-state index in [1.807, 2.05) is 24.3 Å². The summed E-state index contributed by atoms with van der Waals surface area (Å²) in [5, 5.41) is 8.87. The van der Waals surface area contributed by atoms with Crippen LogP contribution in [0.5, 0.6) is 5.75 Å². The summed E-state index contributed by atoms with van der Waals surface area (Å²) in [7, 11) is 1.64. The van der Waals surface area contributed by atoms with Crippen LogP contribution in [0.2, 0.25) is 0 Å². The van der Waals surface area contributed by atoms with Crippen LogP contribution in [0.3, 0.4) is 0 Å². The lowest BCUT2D eigenvalue weighted by Crippen LogP contribution is -2.05. The number of carbonyl (C=O) groups is 1. The van der Waals surface area contributed by atoms with Gasteiger partial charge in [-0.2, -0.15) is 0 Å². The minimum atomic E-state index is -1.05. The van der Waals surface area contributed by atoms with Gasteiger partial charge in [0.05, 0.1) is 5.69 Å². The third-order valence-electron chi connectivity index (χ3n) is 2.32. The third kappa shape index (κ3) is 2.89. The van der Waals surface area contributed by atoms with E-state index in [0.29, 0.717) is 11.4 Å². The number of imidazole rings is 1. The Morgan fingerprint density at radius 3 is 2.67 bits per heavy atom. The third-order valence-corrected chi connectivity index (χ3v) is 2.85. The zero-order valence-corrected chi connectivity index (χ0v) is 11.2. The van der Waals surface area contributed by atoms with Crippen molar-refractivity contribution in [2.24, 2.45) is 7.05 Å². The average molecular weight is 311 g/mol. The summed E-state index contributed by atoms with van der Waals surface area (Å²) in [5.41, 5.74) is 0.581. The molecule has 0 spiro atoms. The molecule has 0 amide bonds. The highest BCUT2D eigenvalue weighted by atomic mass is 79.9. The number of aryl methyl sites for hydroxylation is 1. The molecule has 0 aliphatic rings. The molecular formula is C12H11BrN2O3. The van der Waals surface area contributed by atoms with E-state index in [1.165, 1.54) is 4.57 Å². The Morgan fingerprint density at radius 2 is 2.11 bits per heavy atom. The van der Waals surface area contributed by atoms with Gasteiger partial charge in [-0.05, 0) is 24.3 Å². The average Bonchev–Trinajstić information content (AvgIpc) is 2.70. The monoisotopic (exact) mass is 310 g/mol. The number of hydrogen-bond donors (Lipinski definition) is 1. The number of aromatic carboxylic acids is 1. The first kappa shape index (κ1) is 12.6. The normalized spacial score (nSPS) is 10.3. The van der Waals surface area contributed by atoms with E-state index in [0.717, 1.165) is 4.47 Å². The SMILES string of the molecule is Cn1cc(COc2ccc(Br)cc2)nc1C(=O)O. The van der Waals surface area contributed by atoms with Crippen molar-refractivity contribution in [3.05, 3.63) is 46.5 Å². The maximum absolute atomic E-state index is 10.8. The number of aromatic nitrogens is 2. The van der Waals surface area contributed by atoms with Gasteiger partial charge in [0.1, 0.15) is 12.4 Å². The fraction of sp³-hybridized carbons (Fsp3) is 0.167. The number of carboxylic acids is 1. The fourth-order valence-corrected chi connectivity index (χ4v) is 1.75. The molecule has 0 aliphatic heterocycles. The summed E-state index contributed by atoms with van der Waals surface area (Å²) in [6.45, 7) is 0.239. The first-order chi connectivity index (χ1) is 8.56. The quantitative estimate of drug-likeness (QED) is 0.942. The van der Waals surface area contributed by atoms with Crippen LogP contribution in [-0.2, 0) is 13.7 Å². The number of hydrogen-bond acceptors (Lipinski definition) is 3. The molecule has 1 N–H and O–H groups in total. The van der Waals surface area contributed by atoms with Crippen molar-refractivity contribution in [2.75, 3.05) is 0 Å². The van der Waals surface area contributed by atoms with E-state index in [4.69, 9.17) is 9.84 Å². The second-order valence-corrected chi connectivity index (χ2v) is 4.63. The van der Waals surface area contributed by atoms with Crippen molar-refractivity contribution >= 4 is 21.9 Å². The van der Waals surface area contributed by atoms with Crippen molar-refractivity contribution in [2.45, 2.75) is 6.61 Å². The zero-order chi connectivity index (χ0) is 13.1. The van der Waals surface area contributed by atoms with E-state index in [1.54, 1.807) is 13.2 Å². The summed E-state index contributed by atoms with van der Waals surface area (Å²) in [4.78, 5) is 14.8. The summed E-state index contributed by atoms with van der Waals surface area (Å²) >= 11 is 3.33. The lowest BCUT2D eigenvalue weighted by atomic mass is 10.3. The first-order valence-corrected chi connectivity index (χ1v) is 5.99. The topological polar surface area (TPSA) is 64.4 Å². The predicted octanol–water partition coefficient (Wildman–Crippen LogP) is 2.46. The van der Waals surface area contributed by atoms with Gasteiger partial charge in [0.2, 0.25) is 5.82 Å². The van der Waals surface area contributed by atoms with Crippen LogP contribution >= 0.6 is 15.9 Å². The van der Waals surface area contributed by atoms with Crippen molar-refractivity contribution in [3.63, 3.8) is 0 Å². The van der Waals surface area contributed by atoms with E-state index in [9.17, 15) is 4.79 Å². The standard InChI is InChI=1S/C12H11BrN2O3/c1-15-6-9(14-11(15)12(16)17)7-18-10-4-2-8(13)3-5-10/h2-6H,7H2,1H3,(H,16,17). The Hall–Kier alpha value is -1.82. The number of nitrogens with zero attached hydrogens (tertiary/aromatic N) is 2. The summed E-state index contributed by atoms with van der Waals surface area (Å²) in [6, 6.07) is 7.39. The number of halogens is 1. The molecule has 0 fully saturated rings. The maximum Gasteiger partial charge on any atom is 0.372 e. The van der Waals surface area contributed by atoms with Crippen LogP contribution in [0.25, 0.3) is 0 Å². The van der Waals surface area contributed by atoms with E-state index < -0.39 is 5.97 Å². The Kier molecular flexibility index (Phi) is 3.66. The second kappa shape index (κ2) is 5.22. The van der Waals surface area contributed by atoms with Crippen molar-refractivity contribution in [3.8, 4) is 5.75 Å². The van der Waals surface area contributed by atoms with Crippen LogP contribution in [0, 0.1) is 0 Å². The molecule has 0 radical (unpaired) electrons. The van der Waals surface area contributed by atoms with Crippen LogP contribution in [0.1, 0.15) is 16.3 Å². The Balaban J connectivity index is 2.04. The number of carboxylic acid groups (broad SMARTS) is 1. The summed E-state index contributed by atoms with van der Waals surface area (Å²) in [6.07, 6.45) is 1.64. The van der Waals surface area contributed by atoms with Gasteiger partial charge in [-0.3, -0.25) is 0 Å². The molecule has 94 valence electrons. The molecule has 5 nitrogen and oxygen atoms in total. The van der Waals surface area contributed by atoms with Gasteiger partial charge in [-0.15, -0.1) is 0 Å². The molecule has 0 unspecified atom stereocenters. The molecule has 1 aromatic carbocycles. The predicted molar refractivity (Wildman–Crippen MR) is 68.6 cm³/mol. The molecule has 18 heavy (non-hydrogen) atoms. The number of ether oxygens (including phenoxy) is 1. The maximum atomic E-state index is 10.8. The largest absolute Gasteiger partial charge is 0.487 e. The summed E-state index contributed by atoms with van der Waals surface area (Å²) in [5.74, 6) is -0.336. The summed E-state index contributed by atoms with van der Waals surface area (Å²) < 4.78 is 7.94. The van der Waals surface area contributed by atoms with Gasteiger partial charge >= 0.3 is 5.97 Å². The van der Waals surface area contributed by atoms with E-state index in [-0.39, 0.29) is 12.4 Å². The van der Waals surface area contributed by atoms with Gasteiger partial charge in [0.15, 0.2) is 0 Å². The van der Waals surface area contributed by atoms with Gasteiger partial charge in [-0.25, -0.2) is 9.78 Å². The minimum Gasteiger partial charge on any atom is -0.487 e. The Labute approximate surface area is 112 Å². The van der Waals surface area contributed by atoms with E-state index >= 15 is 0 Å². The van der Waals surface area contributed by atoms with Crippen LogP contribution in [-0.4, -0.2) is 20.6 Å². The molecule has 1 aromatic heterocycles. The molecule has 1 heterocycles. The van der Waals surface area contributed by atoms with Crippen molar-refractivity contribution in [1.82, 2.24) is 9.55 Å². The van der Waals surface area contributed by atoms with Gasteiger partial charge in [0, 0.05) is 17.7 Å². The minimum absolute atomic E-state index is 0.00408. The molecular weight excluding hydrogens is 300 g/mol. The fourth-order valence-electron chi connectivity index (χ4n) is 1.48. The number of benzene rings is 1. The Morgan fingerprint density at radius 1 is 1.44 bits per heavy atom. The smallest absolute Gasteiger partial charge is 0.372 e. The molecule has 2 rings (SSSR count). The van der Waals surface area contributed by atoms with Crippen LogP contribution in [0.15, 0.2) is 34.9 Å².